The molecule has 26 heteroatoms. The van der Waals surface area contributed by atoms with Crippen molar-refractivity contribution < 1.29 is 64.4 Å². The van der Waals surface area contributed by atoms with E-state index in [9.17, 15) is 36.3 Å². The molecule has 3 aliphatic carbocycles. The van der Waals surface area contributed by atoms with Crippen LogP contribution in [-0.2, 0) is 53.4 Å². The maximum atomic E-state index is 15.1. The summed E-state index contributed by atoms with van der Waals surface area (Å²) in [6.45, 7) is 17.0. The van der Waals surface area contributed by atoms with E-state index >= 15 is 4.39 Å². The molecule has 96 heavy (non-hydrogen) atoms. The van der Waals surface area contributed by atoms with Gasteiger partial charge in [-0.2, -0.15) is 0 Å². The predicted octanol–water partition coefficient (Wildman–Crippen LogP) is 14.1. The molecule has 3 spiro atoms. The van der Waals surface area contributed by atoms with Crippen molar-refractivity contribution in [2.75, 3.05) is 16.4 Å². The molecule has 0 unspecified atom stereocenters. The molecule has 0 radical (unpaired) electrons. The zero-order valence-electron chi connectivity index (χ0n) is 55.2. The number of carbonyl (C=O) groups is 3. The third-order valence-corrected chi connectivity index (χ3v) is 17.1. The summed E-state index contributed by atoms with van der Waals surface area (Å²) >= 11 is 0. The van der Waals surface area contributed by atoms with Crippen LogP contribution in [0.4, 0.5) is 53.0 Å². The first-order valence-corrected chi connectivity index (χ1v) is 31.7. The number of nitrogen functional groups attached to an aromatic ring is 1. The molecule has 512 valence electrons. The highest BCUT2D eigenvalue weighted by Gasteiger charge is 2.53. The van der Waals surface area contributed by atoms with E-state index in [-0.39, 0.29) is 46.8 Å². The van der Waals surface area contributed by atoms with Crippen molar-refractivity contribution in [3.05, 3.63) is 178 Å². The molecule has 3 aromatic carbocycles. The van der Waals surface area contributed by atoms with E-state index < -0.39 is 68.7 Å². The van der Waals surface area contributed by atoms with Crippen LogP contribution in [0.2, 0.25) is 0 Å². The number of alkyl carbamates (subject to hydrolysis) is 2. The minimum Gasteiger partial charge on any atom is -0.459 e. The molecule has 3 fully saturated rings. The Morgan fingerprint density at radius 2 is 0.885 bits per heavy atom. The number of hydrogen-bond acceptors (Lipinski definition) is 18. The van der Waals surface area contributed by atoms with Crippen molar-refractivity contribution in [3.63, 3.8) is 0 Å². The number of carbonyl (C=O) groups excluding carboxylic acids is 3. The van der Waals surface area contributed by atoms with Crippen LogP contribution in [0.25, 0.3) is 0 Å². The number of ether oxygens (including phenoxy) is 5. The summed E-state index contributed by atoms with van der Waals surface area (Å²) < 4.78 is 111. The van der Waals surface area contributed by atoms with Gasteiger partial charge in [-0.1, -0.05) is 0 Å². The molecular weight excluding hydrogens is 1250 g/mol. The fourth-order valence-corrected chi connectivity index (χ4v) is 12.3. The summed E-state index contributed by atoms with van der Waals surface area (Å²) in [6.07, 6.45) is 12.4. The van der Waals surface area contributed by atoms with E-state index in [1.54, 1.807) is 84.0 Å². The molecular formula is C70H82F6N12O8. The number of amides is 2. The van der Waals surface area contributed by atoms with Gasteiger partial charge in [-0.05, 0) is 211 Å². The number of nitrogens with two attached hydrogens (primary N) is 2. The SMILES string of the molecule is CC(C)(C)OC(=O)NC1=N[C@](C)(c2cc(N)ccc2F)CC2(CCC2)O1.CC(C)(C)OC(=O)NC1=N[C@](C)(c2cc(NCc3ccc(F)cn3)ccc2F)CC2(CCC2)O1.C[C@@]1(c2cc(NCc3ccc(F)cn3)ccc2F)CC2(CCC2)OC(N)=N1.O=Cc1ccc(F)cn1. The van der Waals surface area contributed by atoms with Crippen LogP contribution in [0.15, 0.2) is 125 Å². The molecule has 0 bridgehead atoms. The van der Waals surface area contributed by atoms with Crippen LogP contribution >= 0.6 is 0 Å². The normalized spacial score (nSPS) is 21.5. The first kappa shape index (κ1) is 70.8. The summed E-state index contributed by atoms with van der Waals surface area (Å²) in [5.41, 5.74) is 11.3. The van der Waals surface area contributed by atoms with Gasteiger partial charge >= 0.3 is 12.2 Å². The average Bonchev–Trinajstić information content (AvgIpc) is 0.758. The first-order chi connectivity index (χ1) is 45.2. The number of halogens is 6. The second-order valence-electron chi connectivity index (χ2n) is 27.6. The highest BCUT2D eigenvalue weighted by molar-refractivity contribution is 5.92. The van der Waals surface area contributed by atoms with Crippen molar-refractivity contribution in [3.8, 4) is 0 Å². The van der Waals surface area contributed by atoms with Crippen molar-refractivity contribution in [1.82, 2.24) is 25.6 Å². The number of aldehydes is 1. The Hall–Kier alpha value is -9.49. The number of rotatable bonds is 10. The Morgan fingerprint density at radius 1 is 0.510 bits per heavy atom. The van der Waals surface area contributed by atoms with Gasteiger partial charge in [0.1, 0.15) is 68.6 Å². The van der Waals surface area contributed by atoms with E-state index in [4.69, 9.17) is 35.2 Å². The quantitative estimate of drug-likeness (QED) is 0.0423. The molecule has 20 nitrogen and oxygen atoms in total. The Bertz CT molecular complexity index is 3880. The number of anilines is 3. The monoisotopic (exact) mass is 1330 g/mol. The minimum atomic E-state index is -0.959. The number of aliphatic imine (C=N–C) groups is 3. The van der Waals surface area contributed by atoms with E-state index in [1.807, 2.05) is 20.8 Å². The second kappa shape index (κ2) is 28.5. The molecule has 8 N–H and O–H groups in total. The highest BCUT2D eigenvalue weighted by atomic mass is 19.1. The number of benzene rings is 3. The molecule has 3 saturated carbocycles. The Kier molecular flexibility index (Phi) is 21.0. The number of amidine groups is 3. The largest absolute Gasteiger partial charge is 0.459 e. The average molecular weight is 1330 g/mol. The molecule has 6 aromatic rings. The van der Waals surface area contributed by atoms with E-state index in [0.717, 1.165) is 75.9 Å². The van der Waals surface area contributed by atoms with Crippen molar-refractivity contribution >= 4 is 53.6 Å². The number of pyridine rings is 3. The standard InChI is InChI=1S/C25H30F2N4O3.C20H22F2N4O.C19H26FN3O3.C6H4FNO/c1-23(2,3)34-22(32)30-21-31-24(4,15-25(33-21)10-5-11-25)19-12-17(8-9-20(19)27)29-14-18-7-6-16(26)13-28-18;1-19(12-20(7-2-8-20)27-18(23)26-19)16-9-14(5-6-17(16)22)25-11-15-4-3-13(21)10-24-15;1-17(2,3)26-16(24)22-15-23-18(4,11-19(25-15)8-5-9-19)13-10-12(21)6-7-14(13)20;7-5-1-2-6(4-9)8-3-5/h6-9,12-13,29H,5,10-11,14-15H2,1-4H3,(H,30,31,32);3-6,9-10,25H,2,7-8,11-12H2,1H3,(H2,23,26);6-7,10H,5,8-9,11,21H2,1-4H3,(H,22,23,24);1-4H/t24-;19-;18-;/m000./s1. The van der Waals surface area contributed by atoms with Gasteiger partial charge in [-0.15, -0.1) is 0 Å². The van der Waals surface area contributed by atoms with Crippen molar-refractivity contribution in [1.29, 1.82) is 0 Å². The molecule has 3 aliphatic heterocycles. The van der Waals surface area contributed by atoms with Crippen LogP contribution in [-0.4, -0.2) is 79.5 Å². The van der Waals surface area contributed by atoms with Crippen LogP contribution in [0.3, 0.4) is 0 Å². The van der Waals surface area contributed by atoms with Crippen molar-refractivity contribution in [2.45, 2.75) is 197 Å². The van der Waals surface area contributed by atoms with Gasteiger partial charge in [-0.3, -0.25) is 19.7 Å². The lowest BCUT2D eigenvalue weighted by Crippen LogP contribution is -2.54. The Balaban J connectivity index is 0.000000160. The first-order valence-electron chi connectivity index (χ1n) is 31.7. The third kappa shape index (κ3) is 18.3. The number of nitrogens with one attached hydrogen (secondary N) is 4. The fraction of sp³-hybridized carbons (Fsp3) is 0.443. The van der Waals surface area contributed by atoms with Gasteiger partial charge in [0.15, 0.2) is 6.29 Å². The van der Waals surface area contributed by atoms with Gasteiger partial charge in [-0.25, -0.2) is 61.5 Å². The molecule has 6 heterocycles. The van der Waals surface area contributed by atoms with Gasteiger partial charge in [0.25, 0.3) is 18.1 Å². The fourth-order valence-electron chi connectivity index (χ4n) is 12.3. The van der Waals surface area contributed by atoms with Crippen LogP contribution in [0, 0.1) is 34.9 Å². The number of aromatic nitrogens is 3. The van der Waals surface area contributed by atoms with Crippen LogP contribution in [0.1, 0.15) is 178 Å². The Labute approximate surface area is 553 Å². The van der Waals surface area contributed by atoms with Crippen LogP contribution < -0.4 is 32.7 Å². The molecule has 3 aromatic heterocycles. The predicted molar refractivity (Wildman–Crippen MR) is 350 cm³/mol. The summed E-state index contributed by atoms with van der Waals surface area (Å²) in [5.74, 6) is -2.31. The zero-order valence-corrected chi connectivity index (χ0v) is 55.2. The van der Waals surface area contributed by atoms with Crippen molar-refractivity contribution in [2.24, 2.45) is 20.7 Å². The van der Waals surface area contributed by atoms with Gasteiger partial charge in [0.2, 0.25) is 0 Å². The summed E-state index contributed by atoms with van der Waals surface area (Å²) in [4.78, 5) is 59.5. The third-order valence-electron chi connectivity index (χ3n) is 17.1. The minimum absolute atomic E-state index is 0.0379. The molecule has 3 atom stereocenters. The van der Waals surface area contributed by atoms with Gasteiger partial charge < -0.3 is 45.8 Å². The lowest BCUT2D eigenvalue weighted by Gasteiger charge is -2.49. The van der Waals surface area contributed by atoms with Gasteiger partial charge in [0.05, 0.1) is 59.7 Å². The smallest absolute Gasteiger partial charge is 0.415 e. The molecule has 6 aliphatic rings. The van der Waals surface area contributed by atoms with E-state index in [0.29, 0.717) is 78.1 Å². The summed E-state index contributed by atoms with van der Waals surface area (Å²) in [7, 11) is 0. The second-order valence-corrected chi connectivity index (χ2v) is 27.6. The van der Waals surface area contributed by atoms with Crippen LogP contribution in [0.5, 0.6) is 0 Å². The lowest BCUT2D eigenvalue weighted by atomic mass is 9.69. The van der Waals surface area contributed by atoms with Gasteiger partial charge in [0, 0.05) is 53.0 Å². The lowest BCUT2D eigenvalue weighted by molar-refractivity contribution is -0.0618. The van der Waals surface area contributed by atoms with E-state index in [2.05, 4.69) is 51.2 Å². The number of nitrogens with zero attached hydrogens (tertiary/aromatic N) is 6. The summed E-state index contributed by atoms with van der Waals surface area (Å²) in [6, 6.07) is 22.7. The zero-order chi connectivity index (χ0) is 69.5. The molecule has 12 rings (SSSR count). The maximum absolute atomic E-state index is 15.1. The van der Waals surface area contributed by atoms with E-state index in [1.165, 1.54) is 54.7 Å². The summed E-state index contributed by atoms with van der Waals surface area (Å²) in [5, 5.41) is 11.6. The number of hydrogen-bond donors (Lipinski definition) is 6. The highest BCUT2D eigenvalue weighted by Crippen LogP contribution is 2.52. The topological polar surface area (TPSA) is 273 Å². The Morgan fingerprint density at radius 3 is 1.24 bits per heavy atom. The molecule has 2 amide bonds. The maximum Gasteiger partial charge on any atom is 0.415 e. The molecule has 0 saturated heterocycles.